The Hall–Kier alpha value is -2.64. The number of thiophene rings is 1. The fourth-order valence-electron chi connectivity index (χ4n) is 3.54. The summed E-state index contributed by atoms with van der Waals surface area (Å²) in [5.74, 6) is 2.17. The van der Waals surface area contributed by atoms with Crippen molar-refractivity contribution in [2.75, 3.05) is 24.8 Å². The van der Waals surface area contributed by atoms with Gasteiger partial charge in [0.2, 0.25) is 12.7 Å². The van der Waals surface area contributed by atoms with Crippen LogP contribution in [0, 0.1) is 0 Å². The Labute approximate surface area is 161 Å². The number of ether oxygens (including phenoxy) is 2. The maximum atomic E-state index is 10.00. The molecule has 0 aliphatic carbocycles. The molecule has 2 aliphatic heterocycles. The van der Waals surface area contributed by atoms with Crippen molar-refractivity contribution in [3.63, 3.8) is 0 Å². The number of aromatic nitrogens is 2. The van der Waals surface area contributed by atoms with Gasteiger partial charge in [0, 0.05) is 24.8 Å². The number of anilines is 1. The molecule has 0 spiro atoms. The lowest BCUT2D eigenvalue weighted by molar-refractivity contribution is 0.153. The Balaban J connectivity index is 1.59. The quantitative estimate of drug-likeness (QED) is 0.748. The molecule has 3 aromatic rings. The van der Waals surface area contributed by atoms with Crippen molar-refractivity contribution in [3.05, 3.63) is 41.9 Å². The molecule has 1 saturated heterocycles. The van der Waals surface area contributed by atoms with E-state index in [-0.39, 0.29) is 12.9 Å². The highest BCUT2D eigenvalue weighted by molar-refractivity contribution is 7.13. The zero-order valence-corrected chi connectivity index (χ0v) is 15.5. The molecule has 27 heavy (non-hydrogen) atoms. The Morgan fingerprint density at radius 3 is 2.96 bits per heavy atom. The molecule has 0 unspecified atom stereocenters. The molecular formula is C20H19N3O3S. The summed E-state index contributed by atoms with van der Waals surface area (Å²) in [6.45, 7) is 1.70. The van der Waals surface area contributed by atoms with Crippen LogP contribution in [0.3, 0.4) is 0 Å². The predicted molar refractivity (Wildman–Crippen MR) is 104 cm³/mol. The van der Waals surface area contributed by atoms with Crippen molar-refractivity contribution in [2.45, 2.75) is 18.9 Å². The van der Waals surface area contributed by atoms with Crippen molar-refractivity contribution in [1.29, 1.82) is 0 Å². The van der Waals surface area contributed by atoms with Crippen LogP contribution in [0.25, 0.3) is 21.7 Å². The summed E-state index contributed by atoms with van der Waals surface area (Å²) in [7, 11) is 0. The summed E-state index contributed by atoms with van der Waals surface area (Å²) in [5.41, 5.74) is 2.85. The molecule has 138 valence electrons. The first-order valence-corrected chi connectivity index (χ1v) is 9.90. The van der Waals surface area contributed by atoms with Gasteiger partial charge in [-0.25, -0.2) is 9.97 Å². The third-order valence-corrected chi connectivity index (χ3v) is 5.77. The number of hydrogen-bond donors (Lipinski definition) is 1. The van der Waals surface area contributed by atoms with Crippen molar-refractivity contribution >= 4 is 17.3 Å². The smallest absolute Gasteiger partial charge is 0.231 e. The van der Waals surface area contributed by atoms with E-state index in [0.717, 1.165) is 52.6 Å². The molecule has 0 radical (unpaired) electrons. The number of hydrogen-bond acceptors (Lipinski definition) is 7. The highest BCUT2D eigenvalue weighted by Gasteiger charge is 2.22. The summed E-state index contributed by atoms with van der Waals surface area (Å²) >= 11 is 1.65. The highest BCUT2D eigenvalue weighted by Crippen LogP contribution is 2.39. The lowest BCUT2D eigenvalue weighted by Gasteiger charge is -2.30. The van der Waals surface area contributed by atoms with E-state index < -0.39 is 0 Å². The van der Waals surface area contributed by atoms with Gasteiger partial charge in [-0.2, -0.15) is 0 Å². The Morgan fingerprint density at radius 2 is 2.11 bits per heavy atom. The van der Waals surface area contributed by atoms with Gasteiger partial charge in [0.1, 0.15) is 0 Å². The molecule has 2 aliphatic rings. The second-order valence-electron chi connectivity index (χ2n) is 6.72. The zero-order chi connectivity index (χ0) is 18.2. The molecule has 0 bridgehead atoms. The van der Waals surface area contributed by atoms with Crippen LogP contribution in [0.4, 0.5) is 5.95 Å². The van der Waals surface area contributed by atoms with E-state index in [9.17, 15) is 5.11 Å². The molecule has 0 amide bonds. The summed E-state index contributed by atoms with van der Waals surface area (Å²) in [6.07, 6.45) is 3.34. The number of rotatable bonds is 3. The van der Waals surface area contributed by atoms with E-state index in [0.29, 0.717) is 12.5 Å². The topological polar surface area (TPSA) is 67.7 Å². The minimum Gasteiger partial charge on any atom is -0.454 e. The highest BCUT2D eigenvalue weighted by atomic mass is 32.1. The number of nitrogens with zero attached hydrogens (tertiary/aromatic N) is 3. The number of fused-ring (bicyclic) bond motifs is 1. The van der Waals surface area contributed by atoms with Crippen molar-refractivity contribution in [3.8, 4) is 33.2 Å². The van der Waals surface area contributed by atoms with E-state index in [4.69, 9.17) is 14.5 Å². The van der Waals surface area contributed by atoms with Crippen LogP contribution in [0.5, 0.6) is 11.5 Å². The minimum absolute atomic E-state index is 0.253. The van der Waals surface area contributed by atoms with Crippen molar-refractivity contribution in [1.82, 2.24) is 9.97 Å². The summed E-state index contributed by atoms with van der Waals surface area (Å²) in [5, 5.41) is 12.0. The zero-order valence-electron chi connectivity index (χ0n) is 14.7. The number of β-amino-alcohol motifs (C(OH)–C–C–N with tert-alkyl or cyclic N) is 1. The van der Waals surface area contributed by atoms with E-state index in [2.05, 4.69) is 16.0 Å². The van der Waals surface area contributed by atoms with E-state index in [1.807, 2.05) is 35.8 Å². The standard InChI is InChI=1S/C20H19N3O3S/c24-14-3-1-7-23(11-14)20-21-10-15(19(22-20)18-4-2-8-27-18)13-5-6-16-17(9-13)26-12-25-16/h2,4-6,8-10,14,24H,1,3,7,11-12H2/t14-/m1/s1. The first kappa shape index (κ1) is 16.5. The van der Waals surface area contributed by atoms with Gasteiger partial charge in [-0.15, -0.1) is 11.3 Å². The minimum atomic E-state index is -0.318. The van der Waals surface area contributed by atoms with Gasteiger partial charge in [0.25, 0.3) is 0 Å². The van der Waals surface area contributed by atoms with E-state index in [1.54, 1.807) is 11.3 Å². The Bertz CT molecular complexity index is 961. The molecule has 1 atom stereocenters. The molecule has 1 aromatic carbocycles. The third kappa shape index (κ3) is 3.13. The van der Waals surface area contributed by atoms with Gasteiger partial charge >= 0.3 is 0 Å². The lowest BCUT2D eigenvalue weighted by atomic mass is 10.0. The summed E-state index contributed by atoms with van der Waals surface area (Å²) in [6, 6.07) is 10.00. The van der Waals surface area contributed by atoms with E-state index >= 15 is 0 Å². The summed E-state index contributed by atoms with van der Waals surface area (Å²) < 4.78 is 10.9. The maximum Gasteiger partial charge on any atom is 0.231 e. The second kappa shape index (κ2) is 6.83. The third-order valence-electron chi connectivity index (χ3n) is 4.89. The number of aliphatic hydroxyl groups is 1. The van der Waals surface area contributed by atoms with Gasteiger partial charge in [0.15, 0.2) is 11.5 Å². The van der Waals surface area contributed by atoms with Crippen molar-refractivity contribution < 1.29 is 14.6 Å². The van der Waals surface area contributed by atoms with Crippen LogP contribution < -0.4 is 14.4 Å². The normalized spacial score (nSPS) is 18.7. The van der Waals surface area contributed by atoms with Gasteiger partial charge in [-0.3, -0.25) is 0 Å². The van der Waals surface area contributed by atoms with Gasteiger partial charge in [-0.1, -0.05) is 12.1 Å². The maximum absolute atomic E-state index is 10.00. The molecule has 7 heteroatoms. The fourth-order valence-corrected chi connectivity index (χ4v) is 4.27. The largest absolute Gasteiger partial charge is 0.454 e. The van der Waals surface area contributed by atoms with Gasteiger partial charge in [0.05, 0.1) is 16.7 Å². The molecule has 1 N–H and O–H groups in total. The molecular weight excluding hydrogens is 362 g/mol. The molecule has 5 rings (SSSR count). The SMILES string of the molecule is O[C@@H]1CCCN(c2ncc(-c3ccc4c(c3)OCO4)c(-c3cccs3)n2)C1. The average Bonchev–Trinajstić information content (AvgIpc) is 3.39. The molecule has 0 saturated carbocycles. The molecule has 4 heterocycles. The van der Waals surface area contributed by atoms with Crippen LogP contribution in [-0.4, -0.2) is 41.1 Å². The number of piperidine rings is 1. The second-order valence-corrected chi connectivity index (χ2v) is 7.67. The average molecular weight is 381 g/mol. The summed E-state index contributed by atoms with van der Waals surface area (Å²) in [4.78, 5) is 12.6. The molecule has 6 nitrogen and oxygen atoms in total. The van der Waals surface area contributed by atoms with Crippen LogP contribution in [0.15, 0.2) is 41.9 Å². The Kier molecular flexibility index (Phi) is 4.18. The fraction of sp³-hybridized carbons (Fsp3) is 0.300. The van der Waals surface area contributed by atoms with Crippen LogP contribution in [-0.2, 0) is 0 Å². The Morgan fingerprint density at radius 1 is 1.19 bits per heavy atom. The van der Waals surface area contributed by atoms with Crippen molar-refractivity contribution in [2.24, 2.45) is 0 Å². The van der Waals surface area contributed by atoms with Crippen LogP contribution in [0.2, 0.25) is 0 Å². The predicted octanol–water partition coefficient (Wildman–Crippen LogP) is 3.56. The molecule has 2 aromatic heterocycles. The lowest BCUT2D eigenvalue weighted by Crippen LogP contribution is -2.39. The first-order chi connectivity index (χ1) is 13.3. The van der Waals surface area contributed by atoms with Gasteiger partial charge < -0.3 is 19.5 Å². The van der Waals surface area contributed by atoms with E-state index in [1.165, 1.54) is 0 Å². The van der Waals surface area contributed by atoms with Crippen LogP contribution in [0.1, 0.15) is 12.8 Å². The first-order valence-electron chi connectivity index (χ1n) is 9.02. The number of aliphatic hydroxyl groups excluding tert-OH is 1. The monoisotopic (exact) mass is 381 g/mol. The van der Waals surface area contributed by atoms with Gasteiger partial charge in [-0.05, 0) is 42.0 Å². The molecule has 1 fully saturated rings. The van der Waals surface area contributed by atoms with Crippen LogP contribution >= 0.6 is 11.3 Å². The number of benzene rings is 1.